The molecule has 88 valence electrons. The topological polar surface area (TPSA) is 75.0 Å². The molecule has 0 radical (unpaired) electrons. The number of hydrogen-bond acceptors (Lipinski definition) is 3. The van der Waals surface area contributed by atoms with Gasteiger partial charge in [-0.2, -0.15) is 5.10 Å². The lowest BCUT2D eigenvalue weighted by molar-refractivity contribution is 0.0705. The molecule has 0 fully saturated rings. The Balaban J connectivity index is 2.70. The number of rotatable bonds is 5. The fourth-order valence-electron chi connectivity index (χ4n) is 1.35. The van der Waals surface area contributed by atoms with Gasteiger partial charge in [0.05, 0.1) is 4.99 Å². The molecule has 16 heavy (non-hydrogen) atoms. The molecule has 1 amide bonds. The zero-order valence-corrected chi connectivity index (χ0v) is 10.3. The van der Waals surface area contributed by atoms with Crippen molar-refractivity contribution >= 4 is 23.1 Å². The minimum absolute atomic E-state index is 0.0799. The van der Waals surface area contributed by atoms with Gasteiger partial charge in [-0.15, -0.1) is 0 Å². The number of aromatic amines is 1. The molecule has 0 saturated carbocycles. The average molecular weight is 240 g/mol. The van der Waals surface area contributed by atoms with Crippen molar-refractivity contribution in [2.75, 3.05) is 6.54 Å². The summed E-state index contributed by atoms with van der Waals surface area (Å²) in [6, 6.07) is 1.75. The molecule has 6 heteroatoms. The third-order valence-corrected chi connectivity index (χ3v) is 2.42. The van der Waals surface area contributed by atoms with Crippen molar-refractivity contribution in [3.8, 4) is 0 Å². The van der Waals surface area contributed by atoms with Crippen LogP contribution in [0.3, 0.4) is 0 Å². The summed E-state index contributed by atoms with van der Waals surface area (Å²) in [6.45, 7) is 4.44. The van der Waals surface area contributed by atoms with E-state index in [1.54, 1.807) is 17.2 Å². The van der Waals surface area contributed by atoms with Gasteiger partial charge in [0, 0.05) is 25.2 Å². The highest BCUT2D eigenvalue weighted by atomic mass is 32.1. The Kier molecular flexibility index (Phi) is 4.42. The van der Waals surface area contributed by atoms with Gasteiger partial charge < -0.3 is 10.6 Å². The SMILES string of the molecule is CC(C)N(CCC(N)=S)C(=O)c1ccn[nH]1. The lowest BCUT2D eigenvalue weighted by atomic mass is 10.2. The van der Waals surface area contributed by atoms with Gasteiger partial charge in [-0.25, -0.2) is 0 Å². The molecular weight excluding hydrogens is 224 g/mol. The minimum Gasteiger partial charge on any atom is -0.393 e. The summed E-state index contributed by atoms with van der Waals surface area (Å²) in [7, 11) is 0. The van der Waals surface area contributed by atoms with Gasteiger partial charge in [-0.05, 0) is 19.9 Å². The van der Waals surface area contributed by atoms with E-state index in [1.807, 2.05) is 13.8 Å². The van der Waals surface area contributed by atoms with Gasteiger partial charge >= 0.3 is 0 Å². The fraction of sp³-hybridized carbons (Fsp3) is 0.500. The highest BCUT2D eigenvalue weighted by Crippen LogP contribution is 2.06. The third kappa shape index (κ3) is 3.30. The number of nitrogens with two attached hydrogens (primary N) is 1. The number of H-pyrrole nitrogens is 1. The summed E-state index contributed by atoms with van der Waals surface area (Å²) in [5, 5.41) is 6.41. The second-order valence-electron chi connectivity index (χ2n) is 3.78. The molecule has 0 aliphatic carbocycles. The summed E-state index contributed by atoms with van der Waals surface area (Å²) in [6.07, 6.45) is 2.09. The Hall–Kier alpha value is -1.43. The maximum atomic E-state index is 12.0. The number of nitrogens with one attached hydrogen (secondary N) is 1. The first-order chi connectivity index (χ1) is 7.52. The van der Waals surface area contributed by atoms with Crippen LogP contribution in [0.15, 0.2) is 12.3 Å². The second kappa shape index (κ2) is 5.60. The molecule has 3 N–H and O–H groups in total. The van der Waals surface area contributed by atoms with Crippen LogP contribution in [-0.4, -0.2) is 38.6 Å². The van der Waals surface area contributed by atoms with Crippen LogP contribution in [-0.2, 0) is 0 Å². The standard InChI is InChI=1S/C10H16N4OS/c1-7(2)14(6-4-9(11)16)10(15)8-3-5-12-13-8/h3,5,7H,4,6H2,1-2H3,(H2,11,16)(H,12,13). The molecule has 1 aromatic rings. The van der Waals surface area contributed by atoms with Crippen molar-refractivity contribution in [1.29, 1.82) is 0 Å². The van der Waals surface area contributed by atoms with Crippen LogP contribution >= 0.6 is 12.2 Å². The molecule has 0 aliphatic rings. The summed E-state index contributed by atoms with van der Waals surface area (Å²) in [5.74, 6) is -0.0799. The van der Waals surface area contributed by atoms with E-state index >= 15 is 0 Å². The molecule has 0 unspecified atom stereocenters. The quantitative estimate of drug-likeness (QED) is 0.751. The monoisotopic (exact) mass is 240 g/mol. The number of thiocarbonyl (C=S) groups is 1. The molecule has 0 atom stereocenters. The van der Waals surface area contributed by atoms with Crippen LogP contribution < -0.4 is 5.73 Å². The smallest absolute Gasteiger partial charge is 0.272 e. The molecule has 0 saturated heterocycles. The highest BCUT2D eigenvalue weighted by Gasteiger charge is 2.19. The Labute approximate surface area is 100 Å². The predicted molar refractivity (Wildman–Crippen MR) is 66.2 cm³/mol. The number of nitrogens with zero attached hydrogens (tertiary/aromatic N) is 2. The van der Waals surface area contributed by atoms with E-state index in [1.165, 1.54) is 0 Å². The van der Waals surface area contributed by atoms with Crippen molar-refractivity contribution in [1.82, 2.24) is 15.1 Å². The van der Waals surface area contributed by atoms with Crippen LogP contribution in [0.5, 0.6) is 0 Å². The van der Waals surface area contributed by atoms with Crippen LogP contribution in [0.4, 0.5) is 0 Å². The highest BCUT2D eigenvalue weighted by molar-refractivity contribution is 7.80. The zero-order valence-electron chi connectivity index (χ0n) is 9.43. The Morgan fingerprint density at radius 3 is 2.81 bits per heavy atom. The van der Waals surface area contributed by atoms with Gasteiger partial charge in [-0.3, -0.25) is 9.89 Å². The maximum absolute atomic E-state index is 12.0. The number of hydrogen-bond donors (Lipinski definition) is 2. The average Bonchev–Trinajstić information content (AvgIpc) is 2.69. The molecule has 0 spiro atoms. The van der Waals surface area contributed by atoms with Crippen molar-refractivity contribution in [3.05, 3.63) is 18.0 Å². The van der Waals surface area contributed by atoms with Crippen molar-refractivity contribution in [2.45, 2.75) is 26.3 Å². The molecule has 0 bridgehead atoms. The number of carbonyl (C=O) groups excluding carboxylic acids is 1. The number of aromatic nitrogens is 2. The van der Waals surface area contributed by atoms with Crippen molar-refractivity contribution in [3.63, 3.8) is 0 Å². The molecule has 1 aromatic heterocycles. The largest absolute Gasteiger partial charge is 0.393 e. The summed E-state index contributed by atoms with van der Waals surface area (Å²) in [4.78, 5) is 14.2. The van der Waals surface area contributed by atoms with Gasteiger partial charge in [0.2, 0.25) is 0 Å². The van der Waals surface area contributed by atoms with E-state index < -0.39 is 0 Å². The van der Waals surface area contributed by atoms with Crippen LogP contribution in [0, 0.1) is 0 Å². The first-order valence-electron chi connectivity index (χ1n) is 5.11. The van der Waals surface area contributed by atoms with Gasteiger partial charge in [0.25, 0.3) is 5.91 Å². The van der Waals surface area contributed by atoms with Crippen molar-refractivity contribution < 1.29 is 4.79 Å². The van der Waals surface area contributed by atoms with Gasteiger partial charge in [-0.1, -0.05) is 12.2 Å². The molecule has 5 nitrogen and oxygen atoms in total. The van der Waals surface area contributed by atoms with E-state index in [4.69, 9.17) is 18.0 Å². The fourth-order valence-corrected chi connectivity index (χ4v) is 1.45. The minimum atomic E-state index is -0.0799. The van der Waals surface area contributed by atoms with Crippen LogP contribution in [0.1, 0.15) is 30.8 Å². The molecule has 0 aliphatic heterocycles. The first-order valence-corrected chi connectivity index (χ1v) is 5.52. The number of amides is 1. The summed E-state index contributed by atoms with van der Waals surface area (Å²) >= 11 is 4.81. The molecular formula is C10H16N4OS. The number of carbonyl (C=O) groups is 1. The Morgan fingerprint density at radius 2 is 2.38 bits per heavy atom. The molecule has 1 rings (SSSR count). The summed E-state index contributed by atoms with van der Waals surface area (Å²) in [5.41, 5.74) is 5.92. The van der Waals surface area contributed by atoms with E-state index in [0.717, 1.165) is 0 Å². The van der Waals surface area contributed by atoms with Crippen LogP contribution in [0.2, 0.25) is 0 Å². The maximum Gasteiger partial charge on any atom is 0.272 e. The normalized spacial score (nSPS) is 10.4. The van der Waals surface area contributed by atoms with E-state index in [0.29, 0.717) is 23.6 Å². The van der Waals surface area contributed by atoms with Crippen molar-refractivity contribution in [2.24, 2.45) is 5.73 Å². The van der Waals surface area contributed by atoms with Gasteiger partial charge in [0.1, 0.15) is 5.69 Å². The predicted octanol–water partition coefficient (Wildman–Crippen LogP) is 0.937. The van der Waals surface area contributed by atoms with E-state index in [9.17, 15) is 4.79 Å². The van der Waals surface area contributed by atoms with E-state index in [2.05, 4.69) is 10.2 Å². The zero-order chi connectivity index (χ0) is 12.1. The Morgan fingerprint density at radius 1 is 1.69 bits per heavy atom. The summed E-state index contributed by atoms with van der Waals surface area (Å²) < 4.78 is 0. The third-order valence-electron chi connectivity index (χ3n) is 2.21. The van der Waals surface area contributed by atoms with E-state index in [-0.39, 0.29) is 11.9 Å². The second-order valence-corrected chi connectivity index (χ2v) is 4.30. The van der Waals surface area contributed by atoms with Crippen LogP contribution in [0.25, 0.3) is 0 Å². The lowest BCUT2D eigenvalue weighted by Gasteiger charge is -2.25. The Bertz CT molecular complexity index is 361. The lowest BCUT2D eigenvalue weighted by Crippen LogP contribution is -2.39. The first kappa shape index (κ1) is 12.6. The molecule has 1 heterocycles. The van der Waals surface area contributed by atoms with Gasteiger partial charge in [0.15, 0.2) is 0 Å². The molecule has 0 aromatic carbocycles.